The Morgan fingerprint density at radius 2 is 1.77 bits per heavy atom. The lowest BCUT2D eigenvalue weighted by molar-refractivity contribution is -0.121. The first-order chi connectivity index (χ1) is 15.0. The fourth-order valence-electron chi connectivity index (χ4n) is 2.89. The minimum Gasteiger partial charge on any atom is -0.493 e. The fraction of sp³-hybridized carbons (Fsp3) is 0.304. The van der Waals surface area contributed by atoms with Crippen molar-refractivity contribution in [2.45, 2.75) is 20.3 Å². The average Bonchev–Trinajstić information content (AvgIpc) is 3.03. The number of rotatable bonds is 10. The van der Waals surface area contributed by atoms with E-state index in [2.05, 4.69) is 0 Å². The number of nitrogens with zero attached hydrogens (tertiary/aromatic N) is 1. The van der Waals surface area contributed by atoms with Crippen molar-refractivity contribution in [1.29, 1.82) is 0 Å². The lowest BCUT2D eigenvalue weighted by atomic mass is 10.2. The van der Waals surface area contributed by atoms with Crippen molar-refractivity contribution in [3.8, 4) is 17.2 Å². The van der Waals surface area contributed by atoms with E-state index in [0.29, 0.717) is 52.1 Å². The molecular formula is C23H24ClNO4S2. The van der Waals surface area contributed by atoms with Crippen molar-refractivity contribution in [3.05, 3.63) is 58.0 Å². The van der Waals surface area contributed by atoms with E-state index in [1.54, 1.807) is 17.0 Å². The third kappa shape index (κ3) is 6.38. The van der Waals surface area contributed by atoms with Crippen molar-refractivity contribution < 1.29 is 19.0 Å². The number of hydrogen-bond acceptors (Lipinski definition) is 6. The molecule has 2 aromatic carbocycles. The Labute approximate surface area is 197 Å². The molecule has 0 radical (unpaired) electrons. The number of ether oxygens (including phenoxy) is 3. The Morgan fingerprint density at radius 3 is 2.45 bits per heavy atom. The van der Waals surface area contributed by atoms with Gasteiger partial charge in [-0.3, -0.25) is 9.69 Å². The van der Waals surface area contributed by atoms with Crippen molar-refractivity contribution in [1.82, 2.24) is 4.90 Å². The zero-order valence-electron chi connectivity index (χ0n) is 17.4. The summed E-state index contributed by atoms with van der Waals surface area (Å²) in [5, 5.41) is 0.680. The van der Waals surface area contributed by atoms with Crippen LogP contribution in [0.1, 0.15) is 25.8 Å². The van der Waals surface area contributed by atoms with E-state index in [4.69, 9.17) is 38.0 Å². The molecule has 0 spiro atoms. The molecule has 0 saturated carbocycles. The van der Waals surface area contributed by atoms with Crippen LogP contribution in [0.2, 0.25) is 5.02 Å². The maximum absolute atomic E-state index is 12.4. The molecular weight excluding hydrogens is 454 g/mol. The van der Waals surface area contributed by atoms with E-state index in [1.807, 2.05) is 50.3 Å². The lowest BCUT2D eigenvalue weighted by Crippen LogP contribution is -2.27. The van der Waals surface area contributed by atoms with Gasteiger partial charge in [0.25, 0.3) is 5.91 Å². The Kier molecular flexibility index (Phi) is 8.63. The smallest absolute Gasteiger partial charge is 0.266 e. The molecule has 3 rings (SSSR count). The highest BCUT2D eigenvalue weighted by atomic mass is 35.5. The molecule has 31 heavy (non-hydrogen) atoms. The van der Waals surface area contributed by atoms with Gasteiger partial charge in [-0.25, -0.2) is 0 Å². The fourth-order valence-corrected chi connectivity index (χ4v) is 4.40. The van der Waals surface area contributed by atoms with Crippen molar-refractivity contribution in [3.63, 3.8) is 0 Å². The monoisotopic (exact) mass is 477 g/mol. The molecule has 8 heteroatoms. The molecule has 1 aliphatic heterocycles. The largest absolute Gasteiger partial charge is 0.493 e. The maximum Gasteiger partial charge on any atom is 0.266 e. The standard InChI is InChI=1S/C23H24ClNO4S2/c1-3-25-22(26)21(31-23(25)30)15-16-6-11-19(20(14-16)27-4-2)29-13-5-12-28-18-9-7-17(24)8-10-18/h6-11,14-15H,3-5,12-13H2,1-2H3. The van der Waals surface area contributed by atoms with E-state index in [9.17, 15) is 4.79 Å². The third-order valence-electron chi connectivity index (χ3n) is 4.38. The Bertz CT molecular complexity index is 963. The number of amides is 1. The molecule has 0 atom stereocenters. The number of halogens is 1. The van der Waals surface area contributed by atoms with Gasteiger partial charge in [-0.2, -0.15) is 0 Å². The summed E-state index contributed by atoms with van der Waals surface area (Å²) in [5.41, 5.74) is 0.860. The molecule has 1 fully saturated rings. The van der Waals surface area contributed by atoms with E-state index in [1.165, 1.54) is 11.8 Å². The second-order valence-electron chi connectivity index (χ2n) is 6.57. The topological polar surface area (TPSA) is 48.0 Å². The average molecular weight is 478 g/mol. The molecule has 1 heterocycles. The van der Waals surface area contributed by atoms with Crippen LogP contribution in [0.4, 0.5) is 0 Å². The molecule has 1 aliphatic rings. The van der Waals surface area contributed by atoms with Gasteiger partial charge in [0, 0.05) is 18.0 Å². The first-order valence-corrected chi connectivity index (χ1v) is 11.7. The number of thiocarbonyl (C=S) groups is 1. The molecule has 0 aromatic heterocycles. The number of thioether (sulfide) groups is 1. The molecule has 0 N–H and O–H groups in total. The van der Waals surface area contributed by atoms with Crippen molar-refractivity contribution in [2.75, 3.05) is 26.4 Å². The first-order valence-electron chi connectivity index (χ1n) is 10.0. The molecule has 1 saturated heterocycles. The SMILES string of the molecule is CCOc1cc(C=C2SC(=S)N(CC)C2=O)ccc1OCCCOc1ccc(Cl)cc1. The predicted octanol–water partition coefficient (Wildman–Crippen LogP) is 5.81. The Balaban J connectivity index is 1.58. The van der Waals surface area contributed by atoms with Crippen LogP contribution < -0.4 is 14.2 Å². The quantitative estimate of drug-likeness (QED) is 0.244. The van der Waals surface area contributed by atoms with Crippen LogP contribution in [-0.2, 0) is 4.79 Å². The summed E-state index contributed by atoms with van der Waals surface area (Å²) < 4.78 is 17.9. The molecule has 164 valence electrons. The second-order valence-corrected chi connectivity index (χ2v) is 8.68. The van der Waals surface area contributed by atoms with Crippen LogP contribution in [0.5, 0.6) is 17.2 Å². The molecule has 5 nitrogen and oxygen atoms in total. The van der Waals surface area contributed by atoms with E-state index in [0.717, 1.165) is 17.7 Å². The summed E-state index contributed by atoms with van der Waals surface area (Å²) >= 11 is 12.5. The summed E-state index contributed by atoms with van der Waals surface area (Å²) in [7, 11) is 0. The van der Waals surface area contributed by atoms with Crippen LogP contribution in [-0.4, -0.2) is 41.5 Å². The van der Waals surface area contributed by atoms with Crippen LogP contribution in [0.3, 0.4) is 0 Å². The number of carbonyl (C=O) groups excluding carboxylic acids is 1. The number of benzene rings is 2. The molecule has 0 bridgehead atoms. The third-order valence-corrected chi connectivity index (χ3v) is 6.01. The highest BCUT2D eigenvalue weighted by Gasteiger charge is 2.30. The molecule has 1 amide bonds. The van der Waals surface area contributed by atoms with Gasteiger partial charge in [-0.05, 0) is 61.9 Å². The van der Waals surface area contributed by atoms with Gasteiger partial charge in [0.05, 0.1) is 24.7 Å². The van der Waals surface area contributed by atoms with Crippen molar-refractivity contribution in [2.24, 2.45) is 0 Å². The van der Waals surface area contributed by atoms with Gasteiger partial charge in [-0.15, -0.1) is 0 Å². The van der Waals surface area contributed by atoms with Crippen LogP contribution in [0, 0.1) is 0 Å². The highest BCUT2D eigenvalue weighted by molar-refractivity contribution is 8.26. The van der Waals surface area contributed by atoms with Gasteiger partial charge in [0.15, 0.2) is 11.5 Å². The van der Waals surface area contributed by atoms with Gasteiger partial charge < -0.3 is 14.2 Å². The lowest BCUT2D eigenvalue weighted by Gasteiger charge is -2.13. The van der Waals surface area contributed by atoms with Gasteiger partial charge >= 0.3 is 0 Å². The summed E-state index contributed by atoms with van der Waals surface area (Å²) in [5.74, 6) is 2.01. The summed E-state index contributed by atoms with van der Waals surface area (Å²) in [6.07, 6.45) is 2.55. The minimum absolute atomic E-state index is 0.0588. The summed E-state index contributed by atoms with van der Waals surface area (Å²) in [6.45, 7) is 5.93. The molecule has 0 unspecified atom stereocenters. The van der Waals surface area contributed by atoms with Crippen LogP contribution in [0.15, 0.2) is 47.4 Å². The summed E-state index contributed by atoms with van der Waals surface area (Å²) in [6, 6.07) is 12.9. The predicted molar refractivity (Wildman–Crippen MR) is 130 cm³/mol. The van der Waals surface area contributed by atoms with Gasteiger partial charge in [-0.1, -0.05) is 41.6 Å². The molecule has 2 aromatic rings. The van der Waals surface area contributed by atoms with E-state index in [-0.39, 0.29) is 5.91 Å². The van der Waals surface area contributed by atoms with E-state index < -0.39 is 0 Å². The Morgan fingerprint density at radius 1 is 1.03 bits per heavy atom. The minimum atomic E-state index is -0.0588. The van der Waals surface area contributed by atoms with Gasteiger partial charge in [0.2, 0.25) is 0 Å². The highest BCUT2D eigenvalue weighted by Crippen LogP contribution is 2.34. The van der Waals surface area contributed by atoms with Crippen LogP contribution >= 0.6 is 35.6 Å². The first kappa shape index (κ1) is 23.4. The Hall–Kier alpha value is -2.22. The normalized spacial score (nSPS) is 14.9. The summed E-state index contributed by atoms with van der Waals surface area (Å²) in [4.78, 5) is 14.6. The second kappa shape index (κ2) is 11.4. The number of likely N-dealkylation sites (N-methyl/N-ethyl adjacent to an activating group) is 1. The zero-order chi connectivity index (χ0) is 22.2. The van der Waals surface area contributed by atoms with Gasteiger partial charge in [0.1, 0.15) is 10.1 Å². The maximum atomic E-state index is 12.4. The number of carbonyl (C=O) groups is 1. The van der Waals surface area contributed by atoms with E-state index >= 15 is 0 Å². The van der Waals surface area contributed by atoms with Crippen LogP contribution in [0.25, 0.3) is 6.08 Å². The molecule has 0 aliphatic carbocycles. The zero-order valence-corrected chi connectivity index (χ0v) is 19.8. The number of hydrogen-bond donors (Lipinski definition) is 0. The van der Waals surface area contributed by atoms with Crippen molar-refractivity contribution >= 4 is 51.9 Å².